The first kappa shape index (κ1) is 56.1. The molecule has 0 amide bonds. The quantitative estimate of drug-likeness (QED) is 0.0372. The molecule has 0 aromatic heterocycles. The summed E-state index contributed by atoms with van der Waals surface area (Å²) in [6, 6.07) is 0. The largest absolute Gasteiger partial charge is 0.462 e. The van der Waals surface area contributed by atoms with Gasteiger partial charge in [-0.25, -0.2) is 0 Å². The number of rotatable bonds is 33. The monoisotopic (exact) mass is 917 g/mol. The second-order valence-corrected chi connectivity index (χ2v) is 26.5. The molecule has 0 aliphatic heterocycles. The molecule has 4 fully saturated rings. The van der Waals surface area contributed by atoms with E-state index in [1.165, 1.54) is 244 Å². The predicted octanol–water partition coefficient (Wildman–Crippen LogP) is 21.1. The molecule has 0 heterocycles. The van der Waals surface area contributed by atoms with Crippen LogP contribution >= 0.6 is 0 Å². The molecule has 2 nitrogen and oxygen atoms in total. The fraction of sp³-hybridized carbons (Fsp3) is 0.953. The van der Waals surface area contributed by atoms with E-state index >= 15 is 0 Å². The van der Waals surface area contributed by atoms with E-state index < -0.39 is 0 Å². The van der Waals surface area contributed by atoms with Gasteiger partial charge in [-0.3, -0.25) is 4.79 Å². The molecule has 5 aliphatic rings. The highest BCUT2D eigenvalue weighted by Gasteiger charge is 2.68. The molecule has 10 atom stereocenters. The van der Waals surface area contributed by atoms with Crippen molar-refractivity contribution < 1.29 is 9.53 Å². The number of allylic oxidation sites excluding steroid dienone is 2. The fourth-order valence-electron chi connectivity index (χ4n) is 16.7. The Hall–Kier alpha value is -0.790. The van der Waals surface area contributed by atoms with Crippen molar-refractivity contribution in [1.29, 1.82) is 0 Å². The standard InChI is InChI=1S/C64H116O2/c1-10-11-12-13-14-15-16-17-18-19-20-21-22-23-24-25-26-27-28-29-30-31-32-33-34-35-36-37-38-39-40-41-58(65)66-57-46-48-62(7)55(60(57,4)5)45-49-64(9)56(62)43-42-54-59-53(3)52(2)44-47-61(59,6)50-51-63(54,64)8/h42,52-53,55-57,59H,10-41,43-51H2,1-9H3. The summed E-state index contributed by atoms with van der Waals surface area (Å²) in [4.78, 5) is 13.3. The van der Waals surface area contributed by atoms with E-state index in [-0.39, 0.29) is 17.5 Å². The van der Waals surface area contributed by atoms with Gasteiger partial charge in [-0.05, 0) is 115 Å². The molecular formula is C64H116O2. The van der Waals surface area contributed by atoms with E-state index in [0.717, 1.165) is 36.5 Å². The Bertz CT molecular complexity index is 1390. The van der Waals surface area contributed by atoms with Gasteiger partial charge in [-0.1, -0.05) is 267 Å². The SMILES string of the molecule is CCCCCCCCCCCCCCCCCCCCCCCCCCCCCCCCCC(=O)OC1CCC2(C)C(CCC3(C)C2CC=C2C4C(C)C(C)CCC4(C)CCC23C)C1(C)C. The number of hydrogen-bond donors (Lipinski definition) is 0. The lowest BCUT2D eigenvalue weighted by Gasteiger charge is -2.71. The van der Waals surface area contributed by atoms with E-state index in [1.807, 2.05) is 5.57 Å². The number of esters is 1. The Morgan fingerprint density at radius 3 is 1.41 bits per heavy atom. The summed E-state index contributed by atoms with van der Waals surface area (Å²) in [5, 5.41) is 0. The predicted molar refractivity (Wildman–Crippen MR) is 288 cm³/mol. The molecule has 0 aromatic carbocycles. The smallest absolute Gasteiger partial charge is 0.306 e. The van der Waals surface area contributed by atoms with Crippen molar-refractivity contribution in [2.24, 2.45) is 56.7 Å². The van der Waals surface area contributed by atoms with Crippen LogP contribution < -0.4 is 0 Å². The van der Waals surface area contributed by atoms with Crippen molar-refractivity contribution in [2.45, 2.75) is 332 Å². The molecule has 0 spiro atoms. The summed E-state index contributed by atoms with van der Waals surface area (Å²) in [7, 11) is 0. The van der Waals surface area contributed by atoms with Crippen molar-refractivity contribution in [3.63, 3.8) is 0 Å². The minimum absolute atomic E-state index is 0.0260. The molecule has 0 bridgehead atoms. The van der Waals surface area contributed by atoms with Gasteiger partial charge in [0.15, 0.2) is 0 Å². The average Bonchev–Trinajstić information content (AvgIpc) is 3.28. The maximum Gasteiger partial charge on any atom is 0.306 e. The molecule has 5 aliphatic carbocycles. The minimum Gasteiger partial charge on any atom is -0.462 e. The second kappa shape index (κ2) is 27.7. The van der Waals surface area contributed by atoms with Gasteiger partial charge in [0.1, 0.15) is 6.10 Å². The Morgan fingerprint density at radius 1 is 0.515 bits per heavy atom. The second-order valence-electron chi connectivity index (χ2n) is 26.5. The van der Waals surface area contributed by atoms with Gasteiger partial charge >= 0.3 is 5.97 Å². The van der Waals surface area contributed by atoms with Crippen LogP contribution in [0.15, 0.2) is 11.6 Å². The number of fused-ring (bicyclic) bond motifs is 7. The van der Waals surface area contributed by atoms with Crippen LogP contribution in [0.2, 0.25) is 0 Å². The van der Waals surface area contributed by atoms with Crippen molar-refractivity contribution in [3.8, 4) is 0 Å². The maximum atomic E-state index is 13.3. The lowest BCUT2D eigenvalue weighted by Crippen LogP contribution is -2.65. The van der Waals surface area contributed by atoms with Crippen molar-refractivity contribution >= 4 is 5.97 Å². The zero-order valence-corrected chi connectivity index (χ0v) is 46.3. The summed E-state index contributed by atoms with van der Waals surface area (Å²) in [6.45, 7) is 23.2. The maximum absolute atomic E-state index is 13.3. The molecule has 0 N–H and O–H groups in total. The molecule has 384 valence electrons. The van der Waals surface area contributed by atoms with Gasteiger partial charge < -0.3 is 4.74 Å². The Labute approximate surface area is 413 Å². The van der Waals surface area contributed by atoms with Gasteiger partial charge in [-0.15, -0.1) is 0 Å². The molecule has 2 heteroatoms. The zero-order valence-electron chi connectivity index (χ0n) is 46.3. The lowest BCUT2D eigenvalue weighted by molar-refractivity contribution is -0.213. The van der Waals surface area contributed by atoms with Gasteiger partial charge in [0, 0.05) is 11.8 Å². The van der Waals surface area contributed by atoms with Gasteiger partial charge in [0.25, 0.3) is 0 Å². The third-order valence-corrected chi connectivity index (χ3v) is 21.6. The first-order chi connectivity index (χ1) is 31.7. The molecule has 0 aromatic rings. The van der Waals surface area contributed by atoms with Crippen LogP contribution in [0.5, 0.6) is 0 Å². The van der Waals surface area contributed by atoms with E-state index in [9.17, 15) is 4.79 Å². The van der Waals surface area contributed by atoms with Crippen molar-refractivity contribution in [2.75, 3.05) is 0 Å². The third kappa shape index (κ3) is 14.7. The van der Waals surface area contributed by atoms with E-state index in [0.29, 0.717) is 34.0 Å². The highest BCUT2D eigenvalue weighted by molar-refractivity contribution is 5.69. The van der Waals surface area contributed by atoms with Crippen LogP contribution in [0.1, 0.15) is 326 Å². The van der Waals surface area contributed by atoms with Gasteiger partial charge in [-0.2, -0.15) is 0 Å². The number of carbonyl (C=O) groups excluding carboxylic acids is 1. The van der Waals surface area contributed by atoms with E-state index in [4.69, 9.17) is 4.74 Å². The van der Waals surface area contributed by atoms with E-state index in [1.54, 1.807) is 0 Å². The molecule has 4 saturated carbocycles. The van der Waals surface area contributed by atoms with Crippen LogP contribution in [-0.4, -0.2) is 12.1 Å². The van der Waals surface area contributed by atoms with Crippen LogP contribution in [0.25, 0.3) is 0 Å². The molecule has 5 rings (SSSR count). The molecule has 0 radical (unpaired) electrons. The van der Waals surface area contributed by atoms with E-state index in [2.05, 4.69) is 68.4 Å². The van der Waals surface area contributed by atoms with Crippen LogP contribution in [0.3, 0.4) is 0 Å². The molecule has 10 unspecified atom stereocenters. The first-order valence-corrected chi connectivity index (χ1v) is 30.6. The first-order valence-electron chi connectivity index (χ1n) is 30.6. The van der Waals surface area contributed by atoms with Gasteiger partial charge in [0.2, 0.25) is 0 Å². The summed E-state index contributed by atoms with van der Waals surface area (Å²) >= 11 is 0. The average molecular weight is 918 g/mol. The molecule has 0 saturated heterocycles. The Balaban J connectivity index is 0.828. The number of hydrogen-bond acceptors (Lipinski definition) is 2. The zero-order chi connectivity index (χ0) is 47.5. The number of unbranched alkanes of at least 4 members (excludes halogenated alkanes) is 30. The highest BCUT2D eigenvalue weighted by atomic mass is 16.5. The Morgan fingerprint density at radius 2 is 0.955 bits per heavy atom. The fourth-order valence-corrected chi connectivity index (χ4v) is 16.7. The Kier molecular flexibility index (Phi) is 23.6. The molecule has 66 heavy (non-hydrogen) atoms. The summed E-state index contributed by atoms with van der Waals surface area (Å²) in [6.07, 6.45) is 59.4. The highest BCUT2D eigenvalue weighted by Crippen LogP contribution is 2.75. The number of ether oxygens (including phenoxy) is 1. The minimum atomic E-state index is 0.0260. The van der Waals surface area contributed by atoms with Crippen LogP contribution in [0.4, 0.5) is 0 Å². The number of carbonyl (C=O) groups is 1. The summed E-state index contributed by atoms with van der Waals surface area (Å²) < 4.78 is 6.48. The topological polar surface area (TPSA) is 26.3 Å². The summed E-state index contributed by atoms with van der Waals surface area (Å²) in [5.74, 6) is 3.81. The van der Waals surface area contributed by atoms with Crippen molar-refractivity contribution in [3.05, 3.63) is 11.6 Å². The summed E-state index contributed by atoms with van der Waals surface area (Å²) in [5.41, 5.74) is 3.38. The van der Waals surface area contributed by atoms with Crippen molar-refractivity contribution in [1.82, 2.24) is 0 Å². The molecular weight excluding hydrogens is 801 g/mol. The van der Waals surface area contributed by atoms with Crippen LogP contribution in [0, 0.1) is 56.7 Å². The van der Waals surface area contributed by atoms with Crippen LogP contribution in [-0.2, 0) is 9.53 Å². The third-order valence-electron chi connectivity index (χ3n) is 21.6. The van der Waals surface area contributed by atoms with Gasteiger partial charge in [0.05, 0.1) is 0 Å². The lowest BCUT2D eigenvalue weighted by atomic mass is 9.33. The normalized spacial score (nSPS) is 33.6.